The molecule has 0 aliphatic heterocycles. The van der Waals surface area contributed by atoms with Crippen molar-refractivity contribution in [3.05, 3.63) is 44.7 Å². The number of anilines is 1. The van der Waals surface area contributed by atoms with Crippen LogP contribution in [0, 0.1) is 0 Å². The third-order valence-corrected chi connectivity index (χ3v) is 4.23. The van der Waals surface area contributed by atoms with Gasteiger partial charge in [0.05, 0.1) is 14.9 Å². The van der Waals surface area contributed by atoms with Gasteiger partial charge in [0.2, 0.25) is 0 Å². The molecule has 0 unspecified atom stereocenters. The molecular weight excluding hydrogens is 389 g/mol. The van der Waals surface area contributed by atoms with Gasteiger partial charge in [-0.05, 0) is 24.4 Å². The lowest BCUT2D eigenvalue weighted by molar-refractivity contribution is -0.152. The van der Waals surface area contributed by atoms with Crippen molar-refractivity contribution in [2.24, 2.45) is 0 Å². The largest absolute Gasteiger partial charge is 0.451 e. The van der Waals surface area contributed by atoms with Crippen LogP contribution in [0.2, 0.25) is 10.0 Å². The lowest BCUT2D eigenvalue weighted by Gasteiger charge is -2.14. The minimum Gasteiger partial charge on any atom is -0.451 e. The summed E-state index contributed by atoms with van der Waals surface area (Å²) < 4.78 is 4.96. The number of pyridine rings is 1. The number of thiophene rings is 1. The molecule has 2 N–H and O–H groups in total. The molecule has 0 aliphatic rings. The topological polar surface area (TPSA) is 97.4 Å². The number of halogens is 2. The van der Waals surface area contributed by atoms with Crippen molar-refractivity contribution in [2.75, 3.05) is 11.9 Å². The van der Waals surface area contributed by atoms with Crippen LogP contribution in [-0.2, 0) is 14.3 Å². The van der Waals surface area contributed by atoms with Crippen LogP contribution in [0.15, 0.2) is 29.8 Å². The number of nitrogens with zero attached hydrogens (tertiary/aromatic N) is 1. The first-order valence-electron chi connectivity index (χ1n) is 7.00. The molecule has 2 heterocycles. The van der Waals surface area contributed by atoms with Crippen LogP contribution < -0.4 is 10.6 Å². The number of carbonyl (C=O) groups is 3. The Bertz CT molecular complexity index is 783. The molecule has 1 atom stereocenters. The normalized spacial score (nSPS) is 11.5. The van der Waals surface area contributed by atoms with E-state index in [9.17, 15) is 14.4 Å². The average Bonchev–Trinajstić information content (AvgIpc) is 3.09. The monoisotopic (exact) mass is 401 g/mol. The lowest BCUT2D eigenvalue weighted by Crippen LogP contribution is -2.35. The van der Waals surface area contributed by atoms with E-state index in [1.807, 2.05) is 0 Å². The molecule has 25 heavy (non-hydrogen) atoms. The predicted octanol–water partition coefficient (Wildman–Crippen LogP) is 2.75. The van der Waals surface area contributed by atoms with Gasteiger partial charge < -0.3 is 15.4 Å². The Labute approximate surface area is 157 Å². The molecule has 2 aromatic heterocycles. The van der Waals surface area contributed by atoms with E-state index in [0.717, 1.165) is 0 Å². The number of carbonyl (C=O) groups excluding carboxylic acids is 3. The Morgan fingerprint density at radius 1 is 1.36 bits per heavy atom. The number of ether oxygens (including phenoxy) is 1. The standard InChI is InChI=1S/C15H13Cl2N3O4S/c1-8(14(22)20-13-10(17)5-9(16)6-18-13)24-12(21)7-19-15(23)11-3-2-4-25-11/h2-6,8H,7H2,1H3,(H,19,23)(H,18,20,22)/t8-/m0/s1. The number of hydrogen-bond donors (Lipinski definition) is 2. The van der Waals surface area contributed by atoms with Crippen LogP contribution >= 0.6 is 34.5 Å². The quantitative estimate of drug-likeness (QED) is 0.725. The highest BCUT2D eigenvalue weighted by atomic mass is 35.5. The molecular formula is C15H13Cl2N3O4S. The van der Waals surface area contributed by atoms with Gasteiger partial charge in [-0.2, -0.15) is 0 Å². The Balaban J connectivity index is 1.81. The van der Waals surface area contributed by atoms with Crippen molar-refractivity contribution in [3.63, 3.8) is 0 Å². The van der Waals surface area contributed by atoms with Gasteiger partial charge in [-0.15, -0.1) is 11.3 Å². The van der Waals surface area contributed by atoms with Gasteiger partial charge in [-0.1, -0.05) is 29.3 Å². The molecule has 2 amide bonds. The molecule has 0 saturated heterocycles. The van der Waals surface area contributed by atoms with Crippen LogP contribution in [0.25, 0.3) is 0 Å². The molecule has 0 radical (unpaired) electrons. The summed E-state index contributed by atoms with van der Waals surface area (Å²) in [6.07, 6.45) is 0.222. The zero-order valence-electron chi connectivity index (χ0n) is 12.9. The van der Waals surface area contributed by atoms with Crippen LogP contribution in [0.1, 0.15) is 16.6 Å². The molecule has 10 heteroatoms. The van der Waals surface area contributed by atoms with E-state index < -0.39 is 18.0 Å². The highest BCUT2D eigenvalue weighted by molar-refractivity contribution is 7.12. The van der Waals surface area contributed by atoms with Gasteiger partial charge in [-0.25, -0.2) is 4.98 Å². The van der Waals surface area contributed by atoms with Crippen molar-refractivity contribution in [1.29, 1.82) is 0 Å². The molecule has 2 aromatic rings. The van der Waals surface area contributed by atoms with Crippen LogP contribution in [-0.4, -0.2) is 35.4 Å². The Hall–Kier alpha value is -2.16. The fourth-order valence-corrected chi connectivity index (χ4v) is 2.73. The van der Waals surface area contributed by atoms with E-state index in [0.29, 0.717) is 9.90 Å². The van der Waals surface area contributed by atoms with Crippen molar-refractivity contribution in [3.8, 4) is 0 Å². The molecule has 7 nitrogen and oxygen atoms in total. The maximum Gasteiger partial charge on any atom is 0.326 e. The van der Waals surface area contributed by atoms with Gasteiger partial charge in [-0.3, -0.25) is 14.4 Å². The van der Waals surface area contributed by atoms with Crippen molar-refractivity contribution >= 4 is 58.1 Å². The summed E-state index contributed by atoms with van der Waals surface area (Å²) in [7, 11) is 0. The Morgan fingerprint density at radius 2 is 2.12 bits per heavy atom. The summed E-state index contributed by atoms with van der Waals surface area (Å²) in [5.41, 5.74) is 0. The summed E-state index contributed by atoms with van der Waals surface area (Å²) in [5, 5.41) is 7.06. The van der Waals surface area contributed by atoms with E-state index in [2.05, 4.69) is 15.6 Å². The lowest BCUT2D eigenvalue weighted by atomic mass is 10.3. The third-order valence-electron chi connectivity index (χ3n) is 2.87. The maximum absolute atomic E-state index is 12.0. The highest BCUT2D eigenvalue weighted by Gasteiger charge is 2.20. The molecule has 0 spiro atoms. The molecule has 0 aromatic carbocycles. The van der Waals surface area contributed by atoms with Gasteiger partial charge in [0, 0.05) is 6.20 Å². The molecule has 0 bridgehead atoms. The van der Waals surface area contributed by atoms with Gasteiger partial charge in [0.15, 0.2) is 11.9 Å². The zero-order valence-corrected chi connectivity index (χ0v) is 15.2. The number of esters is 1. The van der Waals surface area contributed by atoms with Crippen molar-refractivity contribution in [2.45, 2.75) is 13.0 Å². The van der Waals surface area contributed by atoms with Crippen LogP contribution in [0.3, 0.4) is 0 Å². The average molecular weight is 402 g/mol. The minimum atomic E-state index is -1.10. The molecule has 132 valence electrons. The fourth-order valence-electron chi connectivity index (χ4n) is 1.66. The fraction of sp³-hybridized carbons (Fsp3) is 0.200. The SMILES string of the molecule is C[C@H](OC(=O)CNC(=O)c1cccs1)C(=O)Nc1ncc(Cl)cc1Cl. The summed E-state index contributed by atoms with van der Waals surface area (Å²) in [4.78, 5) is 39.8. The summed E-state index contributed by atoms with van der Waals surface area (Å²) in [6, 6.07) is 4.77. The summed E-state index contributed by atoms with van der Waals surface area (Å²) >= 11 is 12.9. The summed E-state index contributed by atoms with van der Waals surface area (Å²) in [6.45, 7) is 1.03. The maximum atomic E-state index is 12.0. The van der Waals surface area contributed by atoms with Crippen molar-refractivity contribution in [1.82, 2.24) is 10.3 Å². The predicted molar refractivity (Wildman–Crippen MR) is 95.1 cm³/mol. The number of aromatic nitrogens is 1. The van der Waals surface area contributed by atoms with Gasteiger partial charge in [0.25, 0.3) is 11.8 Å². The molecule has 2 rings (SSSR count). The molecule has 0 aliphatic carbocycles. The van der Waals surface area contributed by atoms with E-state index in [-0.39, 0.29) is 23.3 Å². The van der Waals surface area contributed by atoms with Gasteiger partial charge >= 0.3 is 5.97 Å². The Morgan fingerprint density at radius 3 is 2.76 bits per heavy atom. The second-order valence-electron chi connectivity index (χ2n) is 4.77. The minimum absolute atomic E-state index is 0.102. The first-order valence-corrected chi connectivity index (χ1v) is 8.63. The molecule has 0 fully saturated rings. The first-order chi connectivity index (χ1) is 11.9. The number of hydrogen-bond acceptors (Lipinski definition) is 6. The second-order valence-corrected chi connectivity index (χ2v) is 6.56. The summed E-state index contributed by atoms with van der Waals surface area (Å²) in [5.74, 6) is -1.65. The number of amides is 2. The second kappa shape index (κ2) is 8.80. The van der Waals surface area contributed by atoms with Crippen LogP contribution in [0.4, 0.5) is 5.82 Å². The van der Waals surface area contributed by atoms with E-state index in [1.54, 1.807) is 17.5 Å². The van der Waals surface area contributed by atoms with E-state index >= 15 is 0 Å². The van der Waals surface area contributed by atoms with Gasteiger partial charge in [0.1, 0.15) is 6.54 Å². The number of nitrogens with one attached hydrogen (secondary N) is 2. The first kappa shape index (κ1) is 19.2. The molecule has 0 saturated carbocycles. The Kier molecular flexibility index (Phi) is 6.74. The highest BCUT2D eigenvalue weighted by Crippen LogP contribution is 2.22. The zero-order chi connectivity index (χ0) is 18.4. The van der Waals surface area contributed by atoms with E-state index in [4.69, 9.17) is 27.9 Å². The third kappa shape index (κ3) is 5.70. The van der Waals surface area contributed by atoms with Crippen LogP contribution in [0.5, 0.6) is 0 Å². The smallest absolute Gasteiger partial charge is 0.326 e. The number of rotatable bonds is 6. The van der Waals surface area contributed by atoms with E-state index in [1.165, 1.54) is 30.5 Å². The van der Waals surface area contributed by atoms with Crippen molar-refractivity contribution < 1.29 is 19.1 Å².